The van der Waals surface area contributed by atoms with Crippen LogP contribution in [0.3, 0.4) is 0 Å². The Morgan fingerprint density at radius 2 is 1.91 bits per heavy atom. The number of nitrogens with one attached hydrogen (secondary N) is 3. The number of halogens is 2. The van der Waals surface area contributed by atoms with Crippen LogP contribution in [-0.2, 0) is 0 Å². The molecule has 1 aromatic carbocycles. The van der Waals surface area contributed by atoms with Gasteiger partial charge in [-0.3, -0.25) is 9.89 Å². The first-order valence-electron chi connectivity index (χ1n) is 7.05. The van der Waals surface area contributed by atoms with Gasteiger partial charge in [-0.2, -0.15) is 5.10 Å². The second-order valence-corrected chi connectivity index (χ2v) is 5.61. The maximum absolute atomic E-state index is 12.2. The smallest absolute Gasteiger partial charge is 0.269 e. The molecule has 0 aliphatic carbocycles. The molecule has 22 heavy (non-hydrogen) atoms. The van der Waals surface area contributed by atoms with Crippen molar-refractivity contribution < 1.29 is 4.79 Å². The Kier molecular flexibility index (Phi) is 5.83. The molecule has 1 aromatic heterocycles. The van der Waals surface area contributed by atoms with Gasteiger partial charge in [0.2, 0.25) is 0 Å². The molecular formula is C15H18Cl2N4O. The molecule has 2 aromatic rings. The van der Waals surface area contributed by atoms with Gasteiger partial charge in [0.05, 0.1) is 5.69 Å². The third kappa shape index (κ3) is 4.00. The van der Waals surface area contributed by atoms with Crippen LogP contribution in [0, 0.1) is 0 Å². The quantitative estimate of drug-likeness (QED) is 0.804. The Hall–Kier alpha value is -1.56. The molecule has 3 rings (SSSR count). The lowest BCUT2D eigenvalue weighted by molar-refractivity contribution is 0.0924. The number of amides is 1. The molecule has 0 spiro atoms. The average Bonchev–Trinajstić information content (AvgIpc) is 2.99. The molecule has 1 saturated heterocycles. The van der Waals surface area contributed by atoms with E-state index < -0.39 is 0 Å². The SMILES string of the molecule is Cl.O=C(NC1CCNCC1)c1cc(-c2ccc(Cl)cc2)n[nH]1. The van der Waals surface area contributed by atoms with Crippen LogP contribution in [0.15, 0.2) is 30.3 Å². The number of carbonyl (C=O) groups is 1. The van der Waals surface area contributed by atoms with Gasteiger partial charge in [0.1, 0.15) is 5.69 Å². The summed E-state index contributed by atoms with van der Waals surface area (Å²) < 4.78 is 0. The molecule has 0 atom stereocenters. The van der Waals surface area contributed by atoms with E-state index in [1.807, 2.05) is 12.1 Å². The zero-order valence-corrected chi connectivity index (χ0v) is 13.5. The Morgan fingerprint density at radius 3 is 2.59 bits per heavy atom. The number of hydrogen-bond acceptors (Lipinski definition) is 3. The number of carbonyl (C=O) groups excluding carboxylic acids is 1. The average molecular weight is 341 g/mol. The van der Waals surface area contributed by atoms with Crippen molar-refractivity contribution >= 4 is 29.9 Å². The van der Waals surface area contributed by atoms with Gasteiger partial charge in [-0.25, -0.2) is 0 Å². The van der Waals surface area contributed by atoms with Crippen molar-refractivity contribution in [2.45, 2.75) is 18.9 Å². The lowest BCUT2D eigenvalue weighted by atomic mass is 10.1. The van der Waals surface area contributed by atoms with Gasteiger partial charge in [0.25, 0.3) is 5.91 Å². The number of H-pyrrole nitrogens is 1. The van der Waals surface area contributed by atoms with Crippen molar-refractivity contribution in [1.82, 2.24) is 20.8 Å². The highest BCUT2D eigenvalue weighted by Crippen LogP contribution is 2.20. The highest BCUT2D eigenvalue weighted by atomic mass is 35.5. The third-order valence-electron chi connectivity index (χ3n) is 3.64. The largest absolute Gasteiger partial charge is 0.348 e. The van der Waals surface area contributed by atoms with Gasteiger partial charge in [0.15, 0.2) is 0 Å². The maximum Gasteiger partial charge on any atom is 0.269 e. The summed E-state index contributed by atoms with van der Waals surface area (Å²) in [6.07, 6.45) is 1.92. The molecule has 0 unspecified atom stereocenters. The lowest BCUT2D eigenvalue weighted by Crippen LogP contribution is -2.42. The number of aromatic nitrogens is 2. The Balaban J connectivity index is 0.00000176. The van der Waals surface area contributed by atoms with E-state index in [1.54, 1.807) is 18.2 Å². The zero-order chi connectivity index (χ0) is 14.7. The molecule has 5 nitrogen and oxygen atoms in total. The van der Waals surface area contributed by atoms with E-state index in [4.69, 9.17) is 11.6 Å². The van der Waals surface area contributed by atoms with Crippen molar-refractivity contribution in [3.8, 4) is 11.3 Å². The first kappa shape index (κ1) is 16.8. The molecule has 118 valence electrons. The van der Waals surface area contributed by atoms with E-state index in [1.165, 1.54) is 0 Å². The summed E-state index contributed by atoms with van der Waals surface area (Å²) in [5.74, 6) is -0.102. The minimum Gasteiger partial charge on any atom is -0.348 e. The number of nitrogens with zero attached hydrogens (tertiary/aromatic N) is 1. The highest BCUT2D eigenvalue weighted by Gasteiger charge is 2.18. The van der Waals surface area contributed by atoms with Crippen molar-refractivity contribution in [3.05, 3.63) is 41.0 Å². The second-order valence-electron chi connectivity index (χ2n) is 5.17. The lowest BCUT2D eigenvalue weighted by Gasteiger charge is -2.23. The fourth-order valence-corrected chi connectivity index (χ4v) is 2.56. The molecule has 7 heteroatoms. The Bertz CT molecular complexity index is 621. The molecule has 1 aliphatic heterocycles. The van der Waals surface area contributed by atoms with Crippen LogP contribution in [-0.4, -0.2) is 35.2 Å². The number of piperidine rings is 1. The minimum atomic E-state index is -0.102. The van der Waals surface area contributed by atoms with Gasteiger partial charge in [-0.15, -0.1) is 12.4 Å². The van der Waals surface area contributed by atoms with E-state index in [0.29, 0.717) is 10.7 Å². The van der Waals surface area contributed by atoms with Crippen LogP contribution >= 0.6 is 24.0 Å². The summed E-state index contributed by atoms with van der Waals surface area (Å²) in [6, 6.07) is 9.38. The van der Waals surface area contributed by atoms with Gasteiger partial charge >= 0.3 is 0 Å². The Morgan fingerprint density at radius 1 is 1.23 bits per heavy atom. The van der Waals surface area contributed by atoms with Gasteiger partial charge in [-0.1, -0.05) is 23.7 Å². The zero-order valence-electron chi connectivity index (χ0n) is 11.9. The van der Waals surface area contributed by atoms with E-state index >= 15 is 0 Å². The van der Waals surface area contributed by atoms with Crippen LogP contribution in [0.5, 0.6) is 0 Å². The minimum absolute atomic E-state index is 0. The van der Waals surface area contributed by atoms with Crippen molar-refractivity contribution in [2.75, 3.05) is 13.1 Å². The van der Waals surface area contributed by atoms with E-state index in [2.05, 4.69) is 20.8 Å². The fourth-order valence-electron chi connectivity index (χ4n) is 2.44. The summed E-state index contributed by atoms with van der Waals surface area (Å²) in [6.45, 7) is 1.90. The molecule has 0 bridgehead atoms. The summed E-state index contributed by atoms with van der Waals surface area (Å²) >= 11 is 5.87. The molecule has 1 fully saturated rings. The maximum atomic E-state index is 12.2. The highest BCUT2D eigenvalue weighted by molar-refractivity contribution is 6.30. The normalized spacial score (nSPS) is 15.1. The summed E-state index contributed by atoms with van der Waals surface area (Å²) in [7, 11) is 0. The van der Waals surface area contributed by atoms with Gasteiger partial charge in [-0.05, 0) is 44.1 Å². The Labute approximate surface area is 140 Å². The first-order chi connectivity index (χ1) is 10.2. The second kappa shape index (κ2) is 7.63. The van der Waals surface area contributed by atoms with Crippen LogP contribution in [0.2, 0.25) is 5.02 Å². The molecule has 0 saturated carbocycles. The number of aromatic amines is 1. The number of rotatable bonds is 3. The monoisotopic (exact) mass is 340 g/mol. The molecular weight excluding hydrogens is 323 g/mol. The molecule has 3 N–H and O–H groups in total. The topological polar surface area (TPSA) is 69.8 Å². The van der Waals surface area contributed by atoms with Crippen molar-refractivity contribution in [2.24, 2.45) is 0 Å². The standard InChI is InChI=1S/C15H17ClN4O.ClH/c16-11-3-1-10(2-4-11)13-9-14(20-19-13)15(21)18-12-5-7-17-8-6-12;/h1-4,9,12,17H,5-8H2,(H,18,21)(H,19,20);1H. The summed E-state index contributed by atoms with van der Waals surface area (Å²) in [4.78, 5) is 12.2. The van der Waals surface area contributed by atoms with Crippen molar-refractivity contribution in [1.29, 1.82) is 0 Å². The van der Waals surface area contributed by atoms with E-state index in [0.717, 1.165) is 37.2 Å². The fraction of sp³-hybridized carbons (Fsp3) is 0.333. The van der Waals surface area contributed by atoms with Crippen LogP contribution in [0.1, 0.15) is 23.3 Å². The molecule has 1 amide bonds. The number of hydrogen-bond donors (Lipinski definition) is 3. The van der Waals surface area contributed by atoms with Crippen LogP contribution < -0.4 is 10.6 Å². The van der Waals surface area contributed by atoms with E-state index in [9.17, 15) is 4.79 Å². The van der Waals surface area contributed by atoms with Gasteiger partial charge < -0.3 is 10.6 Å². The third-order valence-corrected chi connectivity index (χ3v) is 3.89. The summed E-state index contributed by atoms with van der Waals surface area (Å²) in [5.41, 5.74) is 2.15. The molecule has 0 radical (unpaired) electrons. The predicted octanol–water partition coefficient (Wildman–Crippen LogP) is 2.63. The predicted molar refractivity (Wildman–Crippen MR) is 89.6 cm³/mol. The van der Waals surface area contributed by atoms with Crippen LogP contribution in [0.4, 0.5) is 0 Å². The molecule has 2 heterocycles. The van der Waals surface area contributed by atoms with Gasteiger partial charge in [0, 0.05) is 16.6 Å². The number of benzene rings is 1. The van der Waals surface area contributed by atoms with Crippen molar-refractivity contribution in [3.63, 3.8) is 0 Å². The summed E-state index contributed by atoms with van der Waals surface area (Å²) in [5, 5.41) is 14.0. The van der Waals surface area contributed by atoms with E-state index in [-0.39, 0.29) is 24.4 Å². The van der Waals surface area contributed by atoms with Crippen LogP contribution in [0.25, 0.3) is 11.3 Å². The first-order valence-corrected chi connectivity index (χ1v) is 7.43. The molecule has 1 aliphatic rings.